The van der Waals surface area contributed by atoms with Crippen molar-refractivity contribution in [2.24, 2.45) is 5.92 Å². The second kappa shape index (κ2) is 6.88. The third-order valence-electron chi connectivity index (χ3n) is 3.98. The van der Waals surface area contributed by atoms with Crippen LogP contribution in [0.4, 0.5) is 0 Å². The molecule has 1 aliphatic rings. The van der Waals surface area contributed by atoms with E-state index in [1.165, 1.54) is 6.08 Å². The number of rotatable bonds is 5. The fourth-order valence-corrected chi connectivity index (χ4v) is 5.23. The minimum absolute atomic E-state index is 0.0221. The standard InChI is InChI=1S/C16H24ClN3O3S/c1-11(2)9-20-15(17)13(12(3)19-20)5-6-14(21)18-16(4)7-8-24(22,23)10-16/h5-6,11H,7-10H2,1-4H3,(H,18,21). The predicted molar refractivity (Wildman–Crippen MR) is 95.7 cm³/mol. The number of halogens is 1. The minimum atomic E-state index is -3.06. The van der Waals surface area contributed by atoms with Gasteiger partial charge in [-0.3, -0.25) is 9.48 Å². The van der Waals surface area contributed by atoms with Gasteiger partial charge in [0.05, 0.1) is 22.7 Å². The van der Waals surface area contributed by atoms with Crippen LogP contribution in [0, 0.1) is 12.8 Å². The Morgan fingerprint density at radius 3 is 2.71 bits per heavy atom. The molecule has 0 bridgehead atoms. The highest BCUT2D eigenvalue weighted by Crippen LogP contribution is 2.24. The number of carbonyl (C=O) groups is 1. The molecule has 6 nitrogen and oxygen atoms in total. The molecule has 0 saturated carbocycles. The Bertz CT molecular complexity index is 768. The molecule has 0 spiro atoms. The zero-order valence-corrected chi connectivity index (χ0v) is 16.0. The van der Waals surface area contributed by atoms with Crippen LogP contribution in [0.3, 0.4) is 0 Å². The van der Waals surface area contributed by atoms with Gasteiger partial charge in [-0.15, -0.1) is 0 Å². The lowest BCUT2D eigenvalue weighted by Crippen LogP contribution is -2.46. The van der Waals surface area contributed by atoms with Crippen molar-refractivity contribution in [3.8, 4) is 0 Å². The van der Waals surface area contributed by atoms with E-state index in [-0.39, 0.29) is 17.4 Å². The van der Waals surface area contributed by atoms with E-state index in [1.54, 1.807) is 17.7 Å². The molecule has 1 aromatic rings. The Morgan fingerprint density at radius 2 is 2.17 bits per heavy atom. The molecule has 134 valence electrons. The molecule has 24 heavy (non-hydrogen) atoms. The van der Waals surface area contributed by atoms with Gasteiger partial charge in [0.25, 0.3) is 0 Å². The highest BCUT2D eigenvalue weighted by molar-refractivity contribution is 7.91. The molecule has 1 atom stereocenters. The molecular weight excluding hydrogens is 350 g/mol. The van der Waals surface area contributed by atoms with E-state index < -0.39 is 15.4 Å². The molecule has 2 rings (SSSR count). The molecule has 1 amide bonds. The van der Waals surface area contributed by atoms with Crippen LogP contribution >= 0.6 is 11.6 Å². The van der Waals surface area contributed by atoms with Crippen LogP contribution in [0.25, 0.3) is 6.08 Å². The first-order valence-corrected chi connectivity index (χ1v) is 10.1. The maximum absolute atomic E-state index is 12.1. The fraction of sp³-hybridized carbons (Fsp3) is 0.625. The van der Waals surface area contributed by atoms with Crippen LogP contribution in [0.5, 0.6) is 0 Å². The van der Waals surface area contributed by atoms with E-state index in [0.29, 0.717) is 29.6 Å². The molecule has 8 heteroatoms. The molecule has 1 aliphatic heterocycles. The average molecular weight is 374 g/mol. The van der Waals surface area contributed by atoms with Crippen molar-refractivity contribution >= 4 is 33.4 Å². The van der Waals surface area contributed by atoms with Gasteiger partial charge in [0.15, 0.2) is 9.84 Å². The van der Waals surface area contributed by atoms with Gasteiger partial charge in [0.2, 0.25) is 5.91 Å². The summed E-state index contributed by atoms with van der Waals surface area (Å²) in [6, 6.07) is 0. The molecule has 0 aromatic carbocycles. The summed E-state index contributed by atoms with van der Waals surface area (Å²) in [5.41, 5.74) is 0.747. The second-order valence-corrected chi connectivity index (χ2v) is 9.63. The number of carbonyl (C=O) groups excluding carboxylic acids is 1. The van der Waals surface area contributed by atoms with Crippen molar-refractivity contribution < 1.29 is 13.2 Å². The van der Waals surface area contributed by atoms with Crippen molar-refractivity contribution in [2.75, 3.05) is 11.5 Å². The zero-order valence-electron chi connectivity index (χ0n) is 14.5. The summed E-state index contributed by atoms with van der Waals surface area (Å²) < 4.78 is 24.9. The molecule has 1 saturated heterocycles. The molecule has 2 heterocycles. The number of aryl methyl sites for hydroxylation is 1. The smallest absolute Gasteiger partial charge is 0.244 e. The Balaban J connectivity index is 2.08. The highest BCUT2D eigenvalue weighted by Gasteiger charge is 2.39. The number of sulfone groups is 1. The summed E-state index contributed by atoms with van der Waals surface area (Å²) in [5, 5.41) is 7.67. The van der Waals surface area contributed by atoms with Gasteiger partial charge >= 0.3 is 0 Å². The first kappa shape index (κ1) is 19.0. The molecule has 0 aliphatic carbocycles. The van der Waals surface area contributed by atoms with E-state index in [1.807, 2.05) is 6.92 Å². The third kappa shape index (κ3) is 4.60. The van der Waals surface area contributed by atoms with Gasteiger partial charge in [0.1, 0.15) is 5.15 Å². The lowest BCUT2D eigenvalue weighted by atomic mass is 10.0. The van der Waals surface area contributed by atoms with Crippen molar-refractivity contribution in [2.45, 2.75) is 46.2 Å². The summed E-state index contributed by atoms with van der Waals surface area (Å²) in [4.78, 5) is 12.1. The Hall–Kier alpha value is -1.34. The number of nitrogens with zero attached hydrogens (tertiary/aromatic N) is 2. The summed E-state index contributed by atoms with van der Waals surface area (Å²) in [6.45, 7) is 8.45. The van der Waals surface area contributed by atoms with Crippen LogP contribution in [0.1, 0.15) is 38.4 Å². The molecule has 1 aromatic heterocycles. The Morgan fingerprint density at radius 1 is 1.50 bits per heavy atom. The van der Waals surface area contributed by atoms with Gasteiger partial charge in [-0.25, -0.2) is 8.42 Å². The van der Waals surface area contributed by atoms with Gasteiger partial charge in [-0.1, -0.05) is 25.4 Å². The van der Waals surface area contributed by atoms with Crippen molar-refractivity contribution in [3.05, 3.63) is 22.5 Å². The number of nitrogens with one attached hydrogen (secondary N) is 1. The molecule has 1 N–H and O–H groups in total. The summed E-state index contributed by atoms with van der Waals surface area (Å²) >= 11 is 6.33. The van der Waals surface area contributed by atoms with E-state index >= 15 is 0 Å². The van der Waals surface area contributed by atoms with Crippen molar-refractivity contribution in [1.82, 2.24) is 15.1 Å². The summed E-state index contributed by atoms with van der Waals surface area (Å²) in [7, 11) is -3.06. The number of amides is 1. The Labute approximate surface area is 148 Å². The zero-order chi connectivity index (χ0) is 18.1. The Kier molecular flexibility index (Phi) is 5.44. The lowest BCUT2D eigenvalue weighted by molar-refractivity contribution is -0.117. The average Bonchev–Trinajstić information content (AvgIpc) is 2.84. The fourth-order valence-electron chi connectivity index (χ4n) is 2.83. The van der Waals surface area contributed by atoms with Crippen LogP contribution < -0.4 is 5.32 Å². The summed E-state index contributed by atoms with van der Waals surface area (Å²) in [6.07, 6.45) is 3.44. The molecule has 1 unspecified atom stereocenters. The van der Waals surface area contributed by atoms with Gasteiger partial charge in [-0.05, 0) is 32.3 Å². The van der Waals surface area contributed by atoms with Crippen molar-refractivity contribution in [1.29, 1.82) is 0 Å². The monoisotopic (exact) mass is 373 g/mol. The molecule has 1 fully saturated rings. The summed E-state index contributed by atoms with van der Waals surface area (Å²) in [5.74, 6) is 0.166. The van der Waals surface area contributed by atoms with Gasteiger partial charge < -0.3 is 5.32 Å². The van der Waals surface area contributed by atoms with Gasteiger partial charge in [-0.2, -0.15) is 5.10 Å². The first-order chi connectivity index (χ1) is 11.0. The maximum atomic E-state index is 12.1. The van der Waals surface area contributed by atoms with Crippen molar-refractivity contribution in [3.63, 3.8) is 0 Å². The lowest BCUT2D eigenvalue weighted by Gasteiger charge is -2.22. The second-order valence-electron chi connectivity index (χ2n) is 7.09. The predicted octanol–water partition coefficient (Wildman–Crippen LogP) is 2.21. The number of hydrogen-bond acceptors (Lipinski definition) is 4. The normalized spacial score (nSPS) is 23.2. The first-order valence-electron chi connectivity index (χ1n) is 7.95. The van der Waals surface area contributed by atoms with E-state index in [2.05, 4.69) is 24.3 Å². The van der Waals surface area contributed by atoms with E-state index in [4.69, 9.17) is 11.6 Å². The van der Waals surface area contributed by atoms with Crippen LogP contribution in [0.2, 0.25) is 5.15 Å². The van der Waals surface area contributed by atoms with Gasteiger partial charge in [0, 0.05) is 18.2 Å². The molecular formula is C16H24ClN3O3S. The largest absolute Gasteiger partial charge is 0.346 e. The third-order valence-corrected chi connectivity index (χ3v) is 6.28. The topological polar surface area (TPSA) is 81.1 Å². The SMILES string of the molecule is Cc1nn(CC(C)C)c(Cl)c1C=CC(=O)NC1(C)CCS(=O)(=O)C1. The van der Waals surface area contributed by atoms with Crippen LogP contribution in [-0.4, -0.2) is 41.2 Å². The van der Waals surface area contributed by atoms with Crippen LogP contribution in [0.15, 0.2) is 6.08 Å². The highest BCUT2D eigenvalue weighted by atomic mass is 35.5. The number of hydrogen-bond donors (Lipinski definition) is 1. The maximum Gasteiger partial charge on any atom is 0.244 e. The quantitative estimate of drug-likeness (QED) is 0.802. The minimum Gasteiger partial charge on any atom is -0.346 e. The van der Waals surface area contributed by atoms with E-state index in [9.17, 15) is 13.2 Å². The molecule has 0 radical (unpaired) electrons. The van der Waals surface area contributed by atoms with Crippen LogP contribution in [-0.2, 0) is 21.2 Å². The number of aromatic nitrogens is 2. The van der Waals surface area contributed by atoms with E-state index in [0.717, 1.165) is 5.69 Å².